The van der Waals surface area contributed by atoms with Gasteiger partial charge in [-0.2, -0.15) is 5.26 Å². The van der Waals surface area contributed by atoms with E-state index in [1.165, 1.54) is 6.07 Å². The molecule has 1 aliphatic rings. The second-order valence-electron chi connectivity index (χ2n) is 4.53. The van der Waals surface area contributed by atoms with Gasteiger partial charge in [0.25, 0.3) is 5.69 Å². The van der Waals surface area contributed by atoms with Crippen LogP contribution in [0.1, 0.15) is 24.5 Å². The second kappa shape index (κ2) is 5.07. The summed E-state index contributed by atoms with van der Waals surface area (Å²) in [4.78, 5) is 10.4. The Hall–Kier alpha value is -2.41. The van der Waals surface area contributed by atoms with Crippen LogP contribution in [-0.4, -0.2) is 4.92 Å². The van der Waals surface area contributed by atoms with Crippen molar-refractivity contribution >= 4 is 5.69 Å². The number of non-ortho nitro benzene ring substituents is 1. The Morgan fingerprint density at radius 3 is 2.79 bits per heavy atom. The van der Waals surface area contributed by atoms with Gasteiger partial charge < -0.3 is 0 Å². The normalized spacial score (nSPS) is 21.1. The molecule has 2 rings (SSSR count). The molecule has 0 amide bonds. The van der Waals surface area contributed by atoms with Gasteiger partial charge in [-0.05, 0) is 30.0 Å². The average molecular weight is 254 g/mol. The lowest BCUT2D eigenvalue weighted by molar-refractivity contribution is -0.384. The number of benzene rings is 1. The van der Waals surface area contributed by atoms with Crippen molar-refractivity contribution in [3.63, 3.8) is 0 Å². The first-order chi connectivity index (χ1) is 9.13. The van der Waals surface area contributed by atoms with E-state index >= 15 is 0 Å². The van der Waals surface area contributed by atoms with Crippen LogP contribution >= 0.6 is 0 Å². The molecule has 0 aliphatic heterocycles. The molecule has 4 heteroatoms. The summed E-state index contributed by atoms with van der Waals surface area (Å²) in [6, 6.07) is 7.10. The third-order valence-corrected chi connectivity index (χ3v) is 3.43. The Labute approximate surface area is 111 Å². The van der Waals surface area contributed by atoms with Gasteiger partial charge in [0, 0.05) is 12.1 Å². The van der Waals surface area contributed by atoms with E-state index in [1.54, 1.807) is 12.1 Å². The molecule has 4 nitrogen and oxygen atoms in total. The molecule has 19 heavy (non-hydrogen) atoms. The lowest BCUT2D eigenvalue weighted by Crippen LogP contribution is -2.23. The molecule has 1 unspecified atom stereocenters. The molecule has 0 aromatic heterocycles. The zero-order valence-corrected chi connectivity index (χ0v) is 10.7. The van der Waals surface area contributed by atoms with Crippen LogP contribution in [0, 0.1) is 21.4 Å². The summed E-state index contributed by atoms with van der Waals surface area (Å²) in [5, 5.41) is 20.3. The molecule has 0 saturated heterocycles. The Morgan fingerprint density at radius 1 is 1.47 bits per heavy atom. The van der Waals surface area contributed by atoms with Gasteiger partial charge in [0.2, 0.25) is 0 Å². The fraction of sp³-hybridized carbons (Fsp3) is 0.267. The monoisotopic (exact) mass is 254 g/mol. The maximum atomic E-state index is 10.8. The van der Waals surface area contributed by atoms with Gasteiger partial charge in [-0.15, -0.1) is 0 Å². The van der Waals surface area contributed by atoms with E-state index in [2.05, 4.69) is 6.07 Å². The van der Waals surface area contributed by atoms with Crippen molar-refractivity contribution in [1.82, 2.24) is 0 Å². The molecule has 1 aromatic rings. The fourth-order valence-corrected chi connectivity index (χ4v) is 2.38. The minimum absolute atomic E-state index is 0.0732. The number of nitriles is 1. The summed E-state index contributed by atoms with van der Waals surface area (Å²) in [5.41, 5.74) is 1.10. The van der Waals surface area contributed by atoms with Crippen LogP contribution in [0.25, 0.3) is 0 Å². The first-order valence-electron chi connectivity index (χ1n) is 6.16. The van der Waals surface area contributed by atoms with Crippen molar-refractivity contribution in [3.05, 3.63) is 63.7 Å². The summed E-state index contributed by atoms with van der Waals surface area (Å²) in [7, 11) is 0. The largest absolute Gasteiger partial charge is 0.269 e. The number of aryl methyl sites for hydroxylation is 1. The smallest absolute Gasteiger partial charge is 0.258 e. The molecule has 0 heterocycles. The third-order valence-electron chi connectivity index (χ3n) is 3.43. The van der Waals surface area contributed by atoms with E-state index in [0.29, 0.717) is 12.8 Å². The Bertz CT molecular complexity index is 611. The highest BCUT2D eigenvalue weighted by atomic mass is 16.6. The average Bonchev–Trinajstić information content (AvgIpc) is 2.47. The van der Waals surface area contributed by atoms with Crippen LogP contribution in [-0.2, 0) is 11.8 Å². The second-order valence-corrected chi connectivity index (χ2v) is 4.53. The maximum absolute atomic E-state index is 10.8. The third kappa shape index (κ3) is 2.27. The maximum Gasteiger partial charge on any atom is 0.269 e. The topological polar surface area (TPSA) is 66.9 Å². The molecule has 0 spiro atoms. The van der Waals surface area contributed by atoms with Crippen LogP contribution in [0.15, 0.2) is 42.5 Å². The molecule has 0 radical (unpaired) electrons. The van der Waals surface area contributed by atoms with Gasteiger partial charge in [-0.1, -0.05) is 31.2 Å². The van der Waals surface area contributed by atoms with Crippen LogP contribution in [0.4, 0.5) is 5.69 Å². The van der Waals surface area contributed by atoms with Crippen molar-refractivity contribution in [2.24, 2.45) is 0 Å². The van der Waals surface area contributed by atoms with Crippen molar-refractivity contribution in [2.75, 3.05) is 0 Å². The highest BCUT2D eigenvalue weighted by molar-refractivity contribution is 5.50. The van der Waals surface area contributed by atoms with E-state index in [1.807, 2.05) is 31.2 Å². The first kappa shape index (κ1) is 13.0. The van der Waals surface area contributed by atoms with Crippen molar-refractivity contribution in [3.8, 4) is 6.07 Å². The van der Waals surface area contributed by atoms with E-state index in [-0.39, 0.29) is 5.69 Å². The van der Waals surface area contributed by atoms with Gasteiger partial charge >= 0.3 is 0 Å². The van der Waals surface area contributed by atoms with E-state index in [0.717, 1.165) is 11.1 Å². The highest BCUT2D eigenvalue weighted by Crippen LogP contribution is 2.35. The highest BCUT2D eigenvalue weighted by Gasteiger charge is 2.31. The molecular weight excluding hydrogens is 240 g/mol. The summed E-state index contributed by atoms with van der Waals surface area (Å²) in [6.45, 7) is 1.94. The number of allylic oxidation sites excluding steroid dienone is 4. The van der Waals surface area contributed by atoms with E-state index in [4.69, 9.17) is 0 Å². The Morgan fingerprint density at radius 2 is 2.26 bits per heavy atom. The van der Waals surface area contributed by atoms with Crippen molar-refractivity contribution in [2.45, 2.75) is 25.2 Å². The van der Waals surface area contributed by atoms with Crippen molar-refractivity contribution < 1.29 is 4.92 Å². The summed E-state index contributed by atoms with van der Waals surface area (Å²) in [5.74, 6) is 0. The number of hydrogen-bond donors (Lipinski definition) is 0. The van der Waals surface area contributed by atoms with Gasteiger partial charge in [0.05, 0.1) is 11.0 Å². The predicted octanol–water partition coefficient (Wildman–Crippen LogP) is 3.43. The number of rotatable bonds is 3. The molecular formula is C15H14N2O2. The summed E-state index contributed by atoms with van der Waals surface area (Å²) < 4.78 is 0. The van der Waals surface area contributed by atoms with Crippen molar-refractivity contribution in [1.29, 1.82) is 5.26 Å². The summed E-state index contributed by atoms with van der Waals surface area (Å²) in [6.07, 6.45) is 8.85. The van der Waals surface area contributed by atoms with Crippen LogP contribution < -0.4 is 0 Å². The van der Waals surface area contributed by atoms with E-state index in [9.17, 15) is 15.4 Å². The van der Waals surface area contributed by atoms with E-state index < -0.39 is 10.3 Å². The molecule has 0 saturated carbocycles. The van der Waals surface area contributed by atoms with Gasteiger partial charge in [0.15, 0.2) is 0 Å². The van der Waals surface area contributed by atoms with Crippen LogP contribution in [0.3, 0.4) is 0 Å². The Balaban J connectivity index is 2.56. The minimum atomic E-state index is -0.699. The SMILES string of the molecule is CCc1cc([N+](=O)[O-])ccc1C1(C#N)C=CC=CC1. The zero-order valence-electron chi connectivity index (χ0n) is 10.7. The van der Waals surface area contributed by atoms with Crippen LogP contribution in [0.2, 0.25) is 0 Å². The molecule has 0 N–H and O–H groups in total. The number of nitrogens with zero attached hydrogens (tertiary/aromatic N) is 2. The molecule has 1 atom stereocenters. The predicted molar refractivity (Wildman–Crippen MR) is 72.7 cm³/mol. The quantitative estimate of drug-likeness (QED) is 0.613. The molecule has 0 bridgehead atoms. The lowest BCUT2D eigenvalue weighted by atomic mass is 9.74. The molecule has 1 aromatic carbocycles. The van der Waals surface area contributed by atoms with Gasteiger partial charge in [-0.3, -0.25) is 10.1 Å². The minimum Gasteiger partial charge on any atom is -0.258 e. The number of nitro groups is 1. The van der Waals surface area contributed by atoms with Gasteiger partial charge in [0.1, 0.15) is 5.41 Å². The molecule has 1 aliphatic carbocycles. The summed E-state index contributed by atoms with van der Waals surface area (Å²) >= 11 is 0. The zero-order chi connectivity index (χ0) is 13.9. The Kier molecular flexibility index (Phi) is 3.48. The first-order valence-corrected chi connectivity index (χ1v) is 6.16. The standard InChI is InChI=1S/C15H14N2O2/c1-2-12-10-13(17(18)19)6-7-14(12)15(11-16)8-4-3-5-9-15/h3-8,10H,2,9H2,1H3. The van der Waals surface area contributed by atoms with Gasteiger partial charge in [-0.25, -0.2) is 0 Å². The number of nitro benzene ring substituents is 1. The lowest BCUT2D eigenvalue weighted by Gasteiger charge is -2.26. The number of hydrogen-bond acceptors (Lipinski definition) is 3. The molecule has 96 valence electrons. The van der Waals surface area contributed by atoms with Crippen LogP contribution in [0.5, 0.6) is 0 Å². The molecule has 0 fully saturated rings. The fourth-order valence-electron chi connectivity index (χ4n) is 2.38.